The first-order valence-electron chi connectivity index (χ1n) is 7.66. The molecule has 1 N–H and O–H groups in total. The summed E-state index contributed by atoms with van der Waals surface area (Å²) >= 11 is 3.26. The summed E-state index contributed by atoms with van der Waals surface area (Å²) < 4.78 is 41.0. The van der Waals surface area contributed by atoms with Gasteiger partial charge >= 0.3 is 0 Å². The van der Waals surface area contributed by atoms with E-state index in [-0.39, 0.29) is 35.5 Å². The van der Waals surface area contributed by atoms with E-state index < -0.39 is 10.0 Å². The second-order valence-electron chi connectivity index (χ2n) is 5.86. The monoisotopic (exact) mass is 426 g/mol. The van der Waals surface area contributed by atoms with E-state index in [0.29, 0.717) is 12.2 Å². The van der Waals surface area contributed by atoms with Gasteiger partial charge in [-0.25, -0.2) is 17.5 Å². The highest BCUT2D eigenvalue weighted by molar-refractivity contribution is 9.10. The molecule has 1 aliphatic heterocycles. The van der Waals surface area contributed by atoms with Crippen LogP contribution in [0.2, 0.25) is 0 Å². The van der Waals surface area contributed by atoms with Gasteiger partial charge in [-0.15, -0.1) is 0 Å². The van der Waals surface area contributed by atoms with Crippen molar-refractivity contribution >= 4 is 37.5 Å². The number of nitrogens with zero attached hydrogens (tertiary/aromatic N) is 1. The molecule has 0 bridgehead atoms. The Hall–Kier alpha value is -1.77. The van der Waals surface area contributed by atoms with Crippen LogP contribution in [-0.2, 0) is 14.8 Å². The minimum atomic E-state index is -3.62. The highest BCUT2D eigenvalue weighted by Crippen LogP contribution is 2.25. The van der Waals surface area contributed by atoms with Crippen molar-refractivity contribution in [1.29, 1.82) is 0 Å². The maximum Gasteiger partial charge on any atom is 0.240 e. The first kappa shape index (κ1) is 18.0. The van der Waals surface area contributed by atoms with E-state index in [4.69, 9.17) is 0 Å². The summed E-state index contributed by atoms with van der Waals surface area (Å²) in [6, 6.07) is 12.0. The van der Waals surface area contributed by atoms with Gasteiger partial charge in [0.25, 0.3) is 0 Å². The number of halogens is 2. The summed E-state index contributed by atoms with van der Waals surface area (Å²) in [5, 5.41) is 0. The zero-order valence-corrected chi connectivity index (χ0v) is 15.6. The molecule has 3 rings (SSSR count). The molecule has 25 heavy (non-hydrogen) atoms. The van der Waals surface area contributed by atoms with Gasteiger partial charge in [-0.2, -0.15) is 0 Å². The van der Waals surface area contributed by atoms with Crippen molar-refractivity contribution in [2.24, 2.45) is 5.92 Å². The van der Waals surface area contributed by atoms with Crippen molar-refractivity contribution < 1.29 is 17.6 Å². The van der Waals surface area contributed by atoms with Crippen LogP contribution < -0.4 is 9.62 Å². The molecule has 1 heterocycles. The molecule has 8 heteroatoms. The Balaban J connectivity index is 1.63. The van der Waals surface area contributed by atoms with E-state index >= 15 is 0 Å². The average molecular weight is 427 g/mol. The van der Waals surface area contributed by atoms with Crippen LogP contribution in [0, 0.1) is 11.7 Å². The Bertz CT molecular complexity index is 870. The predicted molar refractivity (Wildman–Crippen MR) is 96.2 cm³/mol. The van der Waals surface area contributed by atoms with Crippen molar-refractivity contribution in [3.63, 3.8) is 0 Å². The second-order valence-corrected chi connectivity index (χ2v) is 8.54. The molecular weight excluding hydrogens is 411 g/mol. The molecular formula is C17H16BrFN2O3S. The van der Waals surface area contributed by atoms with Gasteiger partial charge in [0.1, 0.15) is 5.82 Å². The number of nitrogens with one attached hydrogen (secondary N) is 1. The maximum absolute atomic E-state index is 13.0. The quantitative estimate of drug-likeness (QED) is 0.798. The van der Waals surface area contributed by atoms with E-state index in [2.05, 4.69) is 20.7 Å². The van der Waals surface area contributed by atoms with Crippen LogP contribution in [0.5, 0.6) is 0 Å². The van der Waals surface area contributed by atoms with Crippen molar-refractivity contribution in [2.75, 3.05) is 18.0 Å². The molecule has 0 aliphatic carbocycles. The Morgan fingerprint density at radius 3 is 2.40 bits per heavy atom. The maximum atomic E-state index is 13.0. The molecule has 1 fully saturated rings. The lowest BCUT2D eigenvalue weighted by molar-refractivity contribution is -0.117. The minimum absolute atomic E-state index is 0.0977. The highest BCUT2D eigenvalue weighted by Gasteiger charge is 2.31. The van der Waals surface area contributed by atoms with Crippen LogP contribution >= 0.6 is 15.9 Å². The number of anilines is 1. The summed E-state index contributed by atoms with van der Waals surface area (Å²) in [5.74, 6) is -0.601. The van der Waals surface area contributed by atoms with Gasteiger partial charge in [-0.1, -0.05) is 15.9 Å². The third kappa shape index (κ3) is 4.26. The van der Waals surface area contributed by atoms with Crippen molar-refractivity contribution in [1.82, 2.24) is 4.72 Å². The SMILES string of the molecule is O=C1C[C@@H](CNS(=O)(=O)c2ccc(Br)cc2)CN1c1ccc(F)cc1. The molecule has 1 saturated heterocycles. The third-order valence-corrected chi connectivity index (χ3v) is 6.00. The lowest BCUT2D eigenvalue weighted by atomic mass is 10.1. The van der Waals surface area contributed by atoms with Gasteiger partial charge in [-0.3, -0.25) is 4.79 Å². The molecule has 0 saturated carbocycles. The molecule has 2 aromatic rings. The van der Waals surface area contributed by atoms with E-state index in [1.807, 2.05) is 0 Å². The Morgan fingerprint density at radius 1 is 1.12 bits per heavy atom. The molecule has 5 nitrogen and oxygen atoms in total. The molecule has 0 radical (unpaired) electrons. The van der Waals surface area contributed by atoms with Gasteiger partial charge in [0.15, 0.2) is 0 Å². The summed E-state index contributed by atoms with van der Waals surface area (Å²) in [7, 11) is -3.62. The number of sulfonamides is 1. The standard InChI is InChI=1S/C17H16BrFN2O3S/c18-13-1-7-16(8-2-13)25(23,24)20-10-12-9-17(22)21(11-12)15-5-3-14(19)4-6-15/h1-8,12,20H,9-11H2/t12-/m0/s1. The highest BCUT2D eigenvalue weighted by atomic mass is 79.9. The Kier molecular flexibility index (Phi) is 5.21. The van der Waals surface area contributed by atoms with Gasteiger partial charge in [0.2, 0.25) is 15.9 Å². The zero-order chi connectivity index (χ0) is 18.0. The number of hydrogen-bond acceptors (Lipinski definition) is 3. The summed E-state index contributed by atoms with van der Waals surface area (Å²) in [4.78, 5) is 13.9. The Labute approximate surface area is 154 Å². The fourth-order valence-electron chi connectivity index (χ4n) is 2.71. The molecule has 132 valence electrons. The number of hydrogen-bond donors (Lipinski definition) is 1. The second kappa shape index (κ2) is 7.23. The lowest BCUT2D eigenvalue weighted by Crippen LogP contribution is -2.31. The summed E-state index contributed by atoms with van der Waals surface area (Å²) in [5.41, 5.74) is 0.615. The smallest absolute Gasteiger partial charge is 0.240 e. The van der Waals surface area contributed by atoms with Crippen LogP contribution in [-0.4, -0.2) is 27.4 Å². The van der Waals surface area contributed by atoms with Gasteiger partial charge in [0, 0.05) is 29.7 Å². The average Bonchev–Trinajstić information content (AvgIpc) is 2.95. The number of carbonyl (C=O) groups excluding carboxylic acids is 1. The van der Waals surface area contributed by atoms with Crippen LogP contribution in [0.15, 0.2) is 57.9 Å². The molecule has 1 aliphatic rings. The normalized spacial score (nSPS) is 17.9. The van der Waals surface area contributed by atoms with Crippen molar-refractivity contribution in [3.8, 4) is 0 Å². The number of amides is 1. The summed E-state index contributed by atoms with van der Waals surface area (Å²) in [6.07, 6.45) is 0.250. The van der Waals surface area contributed by atoms with Gasteiger partial charge in [-0.05, 0) is 54.4 Å². The van der Waals surface area contributed by atoms with Crippen LogP contribution in [0.25, 0.3) is 0 Å². The first-order chi connectivity index (χ1) is 11.8. The zero-order valence-electron chi connectivity index (χ0n) is 13.2. The minimum Gasteiger partial charge on any atom is -0.312 e. The van der Waals surface area contributed by atoms with Crippen LogP contribution in [0.1, 0.15) is 6.42 Å². The summed E-state index contributed by atoms with van der Waals surface area (Å²) in [6.45, 7) is 0.565. The largest absolute Gasteiger partial charge is 0.312 e. The fourth-order valence-corrected chi connectivity index (χ4v) is 4.09. The first-order valence-corrected chi connectivity index (χ1v) is 9.94. The molecule has 0 spiro atoms. The Morgan fingerprint density at radius 2 is 1.76 bits per heavy atom. The van der Waals surface area contributed by atoms with Crippen molar-refractivity contribution in [2.45, 2.75) is 11.3 Å². The number of rotatable bonds is 5. The molecule has 1 amide bonds. The lowest BCUT2D eigenvalue weighted by Gasteiger charge is -2.17. The third-order valence-electron chi connectivity index (χ3n) is 4.03. The van der Waals surface area contributed by atoms with Crippen molar-refractivity contribution in [3.05, 3.63) is 58.8 Å². The van der Waals surface area contributed by atoms with E-state index in [9.17, 15) is 17.6 Å². The van der Waals surface area contributed by atoms with Crippen LogP contribution in [0.4, 0.5) is 10.1 Å². The van der Waals surface area contributed by atoms with E-state index in [0.717, 1.165) is 4.47 Å². The number of benzene rings is 2. The molecule has 0 aromatic heterocycles. The molecule has 0 unspecified atom stereocenters. The topological polar surface area (TPSA) is 66.5 Å². The number of carbonyl (C=O) groups is 1. The molecule has 2 aromatic carbocycles. The van der Waals surface area contributed by atoms with Crippen LogP contribution in [0.3, 0.4) is 0 Å². The van der Waals surface area contributed by atoms with Gasteiger partial charge in [0.05, 0.1) is 4.90 Å². The fraction of sp³-hybridized carbons (Fsp3) is 0.235. The molecule has 1 atom stereocenters. The predicted octanol–water partition coefficient (Wildman–Crippen LogP) is 2.92. The van der Waals surface area contributed by atoms with Gasteiger partial charge < -0.3 is 4.90 Å². The van der Waals surface area contributed by atoms with E-state index in [1.165, 1.54) is 24.3 Å². The van der Waals surface area contributed by atoms with E-state index in [1.54, 1.807) is 29.2 Å².